The summed E-state index contributed by atoms with van der Waals surface area (Å²) in [6, 6.07) is 0. The van der Waals surface area contributed by atoms with Gasteiger partial charge < -0.3 is 0 Å². The summed E-state index contributed by atoms with van der Waals surface area (Å²) in [6.07, 6.45) is 10.1. The number of hydrogen-bond acceptors (Lipinski definition) is 0. The molecular formula is C11H18. The molecule has 0 N–H and O–H groups in total. The van der Waals surface area contributed by atoms with Crippen LogP contribution in [0.2, 0.25) is 0 Å². The SMILES string of the molecule is C=C1CCCC1C1CCCC1. The zero-order valence-corrected chi connectivity index (χ0v) is 7.31. The van der Waals surface area contributed by atoms with Gasteiger partial charge in [0.1, 0.15) is 0 Å². The molecule has 0 aromatic rings. The third kappa shape index (κ3) is 1.36. The van der Waals surface area contributed by atoms with Gasteiger partial charge in [0.15, 0.2) is 0 Å². The van der Waals surface area contributed by atoms with Crippen LogP contribution in [0.25, 0.3) is 0 Å². The fourth-order valence-electron chi connectivity index (χ4n) is 2.87. The monoisotopic (exact) mass is 150 g/mol. The lowest BCUT2D eigenvalue weighted by molar-refractivity contribution is 0.395. The van der Waals surface area contributed by atoms with Gasteiger partial charge in [-0.25, -0.2) is 0 Å². The second-order valence-corrected chi connectivity index (χ2v) is 4.20. The van der Waals surface area contributed by atoms with Gasteiger partial charge in [-0.1, -0.05) is 25.0 Å². The van der Waals surface area contributed by atoms with Crippen LogP contribution < -0.4 is 0 Å². The Labute approximate surface area is 69.7 Å². The van der Waals surface area contributed by atoms with Gasteiger partial charge in [-0.05, 0) is 43.9 Å². The summed E-state index contributed by atoms with van der Waals surface area (Å²) in [5.41, 5.74) is 1.57. The topological polar surface area (TPSA) is 0 Å². The van der Waals surface area contributed by atoms with Crippen LogP contribution in [0.3, 0.4) is 0 Å². The first-order chi connectivity index (χ1) is 5.38. The predicted molar refractivity (Wildman–Crippen MR) is 48.4 cm³/mol. The Kier molecular flexibility index (Phi) is 2.02. The molecule has 2 fully saturated rings. The highest BCUT2D eigenvalue weighted by atomic mass is 14.3. The van der Waals surface area contributed by atoms with Crippen molar-refractivity contribution in [2.24, 2.45) is 11.8 Å². The third-order valence-corrected chi connectivity index (χ3v) is 3.51. The van der Waals surface area contributed by atoms with Gasteiger partial charge in [-0.2, -0.15) is 0 Å². The molecule has 0 spiro atoms. The molecule has 2 aliphatic carbocycles. The van der Waals surface area contributed by atoms with E-state index in [0.717, 1.165) is 11.8 Å². The van der Waals surface area contributed by atoms with Gasteiger partial charge in [0.25, 0.3) is 0 Å². The van der Waals surface area contributed by atoms with E-state index >= 15 is 0 Å². The van der Waals surface area contributed by atoms with Crippen molar-refractivity contribution >= 4 is 0 Å². The van der Waals surface area contributed by atoms with Gasteiger partial charge in [0.2, 0.25) is 0 Å². The maximum Gasteiger partial charge on any atom is -0.0177 e. The molecule has 1 unspecified atom stereocenters. The summed E-state index contributed by atoms with van der Waals surface area (Å²) in [5.74, 6) is 1.96. The molecule has 0 aromatic heterocycles. The third-order valence-electron chi connectivity index (χ3n) is 3.51. The van der Waals surface area contributed by atoms with Crippen LogP contribution in [0, 0.1) is 11.8 Å². The molecule has 0 aliphatic heterocycles. The van der Waals surface area contributed by atoms with Crippen LogP contribution >= 0.6 is 0 Å². The van der Waals surface area contributed by atoms with Gasteiger partial charge in [0.05, 0.1) is 0 Å². The molecule has 2 aliphatic rings. The predicted octanol–water partition coefficient (Wildman–Crippen LogP) is 3.53. The van der Waals surface area contributed by atoms with E-state index in [0.29, 0.717) is 0 Å². The smallest absolute Gasteiger partial charge is 0.0177 e. The molecule has 1 atom stereocenters. The molecule has 0 heteroatoms. The summed E-state index contributed by atoms with van der Waals surface area (Å²) in [4.78, 5) is 0. The molecule has 2 saturated carbocycles. The van der Waals surface area contributed by atoms with Crippen molar-refractivity contribution in [2.75, 3.05) is 0 Å². The minimum atomic E-state index is 0.928. The van der Waals surface area contributed by atoms with Crippen LogP contribution in [0.1, 0.15) is 44.9 Å². The summed E-state index contributed by atoms with van der Waals surface area (Å²) in [5, 5.41) is 0. The lowest BCUT2D eigenvalue weighted by Crippen LogP contribution is -2.08. The molecule has 0 saturated heterocycles. The van der Waals surface area contributed by atoms with E-state index in [-0.39, 0.29) is 0 Å². The zero-order chi connectivity index (χ0) is 7.68. The molecular weight excluding hydrogens is 132 g/mol. The van der Waals surface area contributed by atoms with Crippen LogP contribution in [0.15, 0.2) is 12.2 Å². The average Bonchev–Trinajstić information content (AvgIpc) is 2.55. The summed E-state index contributed by atoms with van der Waals surface area (Å²) < 4.78 is 0. The molecule has 2 rings (SSSR count). The molecule has 0 heterocycles. The standard InChI is InChI=1S/C11H18/c1-9-5-4-8-11(9)10-6-2-3-7-10/h10-11H,1-8H2. The van der Waals surface area contributed by atoms with E-state index in [1.807, 2.05) is 0 Å². The zero-order valence-electron chi connectivity index (χ0n) is 7.31. The van der Waals surface area contributed by atoms with Crippen molar-refractivity contribution in [3.05, 3.63) is 12.2 Å². The molecule has 0 bridgehead atoms. The van der Waals surface area contributed by atoms with Crippen molar-refractivity contribution in [1.82, 2.24) is 0 Å². The molecule has 62 valence electrons. The van der Waals surface area contributed by atoms with E-state index in [9.17, 15) is 0 Å². The van der Waals surface area contributed by atoms with Crippen LogP contribution in [0.5, 0.6) is 0 Å². The first-order valence-corrected chi connectivity index (χ1v) is 5.05. The summed E-state index contributed by atoms with van der Waals surface area (Å²) in [6.45, 7) is 4.18. The maximum absolute atomic E-state index is 4.18. The van der Waals surface area contributed by atoms with Crippen molar-refractivity contribution < 1.29 is 0 Å². The highest BCUT2D eigenvalue weighted by Crippen LogP contribution is 2.42. The molecule has 0 aromatic carbocycles. The molecule has 0 amide bonds. The normalized spacial score (nSPS) is 33.5. The van der Waals surface area contributed by atoms with E-state index < -0.39 is 0 Å². The molecule has 11 heavy (non-hydrogen) atoms. The van der Waals surface area contributed by atoms with Gasteiger partial charge >= 0.3 is 0 Å². The Bertz CT molecular complexity index is 151. The van der Waals surface area contributed by atoms with E-state index in [1.165, 1.54) is 44.9 Å². The Hall–Kier alpha value is -0.260. The highest BCUT2D eigenvalue weighted by Gasteiger charge is 2.29. The molecule has 0 nitrogen and oxygen atoms in total. The minimum Gasteiger partial charge on any atom is -0.0996 e. The fourth-order valence-corrected chi connectivity index (χ4v) is 2.87. The second-order valence-electron chi connectivity index (χ2n) is 4.20. The number of rotatable bonds is 1. The maximum atomic E-state index is 4.18. The van der Waals surface area contributed by atoms with Crippen molar-refractivity contribution in [1.29, 1.82) is 0 Å². The summed E-state index contributed by atoms with van der Waals surface area (Å²) >= 11 is 0. The number of hydrogen-bond donors (Lipinski definition) is 0. The highest BCUT2D eigenvalue weighted by molar-refractivity contribution is 5.08. The van der Waals surface area contributed by atoms with E-state index in [1.54, 1.807) is 5.57 Å². The van der Waals surface area contributed by atoms with Crippen LogP contribution in [-0.2, 0) is 0 Å². The lowest BCUT2D eigenvalue weighted by Gasteiger charge is -2.18. The Morgan fingerprint density at radius 2 is 1.73 bits per heavy atom. The largest absolute Gasteiger partial charge is 0.0996 e. The van der Waals surface area contributed by atoms with Gasteiger partial charge in [-0.3, -0.25) is 0 Å². The lowest BCUT2D eigenvalue weighted by atomic mass is 9.87. The average molecular weight is 150 g/mol. The number of allylic oxidation sites excluding steroid dienone is 1. The van der Waals surface area contributed by atoms with E-state index in [2.05, 4.69) is 6.58 Å². The van der Waals surface area contributed by atoms with Crippen molar-refractivity contribution in [2.45, 2.75) is 44.9 Å². The van der Waals surface area contributed by atoms with Crippen molar-refractivity contribution in [3.63, 3.8) is 0 Å². The Morgan fingerprint density at radius 1 is 1.00 bits per heavy atom. The first kappa shape index (κ1) is 7.39. The fraction of sp³-hybridized carbons (Fsp3) is 0.818. The second kappa shape index (κ2) is 3.00. The van der Waals surface area contributed by atoms with E-state index in [4.69, 9.17) is 0 Å². The molecule has 0 radical (unpaired) electrons. The van der Waals surface area contributed by atoms with Crippen molar-refractivity contribution in [3.8, 4) is 0 Å². The van der Waals surface area contributed by atoms with Gasteiger partial charge in [0, 0.05) is 0 Å². The van der Waals surface area contributed by atoms with Crippen LogP contribution in [-0.4, -0.2) is 0 Å². The Balaban J connectivity index is 1.97. The minimum absolute atomic E-state index is 0.928. The quantitative estimate of drug-likeness (QED) is 0.502. The summed E-state index contributed by atoms with van der Waals surface area (Å²) in [7, 11) is 0. The van der Waals surface area contributed by atoms with Crippen LogP contribution in [0.4, 0.5) is 0 Å². The van der Waals surface area contributed by atoms with Gasteiger partial charge in [-0.15, -0.1) is 0 Å². The Morgan fingerprint density at radius 3 is 2.27 bits per heavy atom. The first-order valence-electron chi connectivity index (χ1n) is 5.05.